The first-order valence-electron chi connectivity index (χ1n) is 7.21. The molecule has 2 aromatic carbocycles. The number of aliphatic carboxylic acids is 1. The molecule has 112 valence electrons. The Morgan fingerprint density at radius 1 is 1.09 bits per heavy atom. The third kappa shape index (κ3) is 5.72. The second-order valence-electron chi connectivity index (χ2n) is 4.85. The predicted molar refractivity (Wildman–Crippen MR) is 85.6 cm³/mol. The van der Waals surface area contributed by atoms with Crippen LogP contribution in [-0.4, -0.2) is 11.1 Å². The van der Waals surface area contributed by atoms with Crippen molar-refractivity contribution in [2.24, 2.45) is 0 Å². The van der Waals surface area contributed by atoms with Crippen molar-refractivity contribution in [3.05, 3.63) is 65.7 Å². The highest BCUT2D eigenvalue weighted by molar-refractivity contribution is 5.66. The Morgan fingerprint density at radius 2 is 1.91 bits per heavy atom. The summed E-state index contributed by atoms with van der Waals surface area (Å²) < 4.78 is 5.75. The zero-order chi connectivity index (χ0) is 15.6. The van der Waals surface area contributed by atoms with E-state index in [0.717, 1.165) is 16.9 Å². The summed E-state index contributed by atoms with van der Waals surface area (Å²) in [5.41, 5.74) is 1.99. The summed E-state index contributed by atoms with van der Waals surface area (Å²) in [5.74, 6) is 6.02. The molecule has 0 spiro atoms. The van der Waals surface area contributed by atoms with Crippen molar-refractivity contribution >= 4 is 5.97 Å². The average molecular weight is 294 g/mol. The van der Waals surface area contributed by atoms with E-state index < -0.39 is 5.97 Å². The minimum Gasteiger partial charge on any atom is -0.489 e. The number of unbranched alkanes of at least 4 members (excludes halogenated alkanes) is 1. The molecule has 0 saturated heterocycles. The fraction of sp³-hybridized carbons (Fsp3) is 0.211. The van der Waals surface area contributed by atoms with E-state index in [2.05, 4.69) is 11.8 Å². The van der Waals surface area contributed by atoms with Crippen LogP contribution in [0.2, 0.25) is 0 Å². The van der Waals surface area contributed by atoms with E-state index >= 15 is 0 Å². The summed E-state index contributed by atoms with van der Waals surface area (Å²) in [6.45, 7) is 0.524. The molecule has 22 heavy (non-hydrogen) atoms. The molecular weight excluding hydrogens is 276 g/mol. The molecule has 3 nitrogen and oxygen atoms in total. The molecule has 0 aromatic heterocycles. The maximum Gasteiger partial charge on any atom is 0.303 e. The van der Waals surface area contributed by atoms with Crippen LogP contribution in [0.3, 0.4) is 0 Å². The van der Waals surface area contributed by atoms with Crippen LogP contribution in [0.5, 0.6) is 5.75 Å². The lowest BCUT2D eigenvalue weighted by Crippen LogP contribution is -1.95. The van der Waals surface area contributed by atoms with Gasteiger partial charge in [-0.1, -0.05) is 48.2 Å². The van der Waals surface area contributed by atoms with Crippen molar-refractivity contribution in [1.82, 2.24) is 0 Å². The molecule has 0 saturated carbocycles. The van der Waals surface area contributed by atoms with Gasteiger partial charge in [0.25, 0.3) is 0 Å². The van der Waals surface area contributed by atoms with E-state index in [4.69, 9.17) is 9.84 Å². The van der Waals surface area contributed by atoms with E-state index in [9.17, 15) is 4.79 Å². The van der Waals surface area contributed by atoms with Gasteiger partial charge in [0, 0.05) is 18.4 Å². The maximum atomic E-state index is 10.4. The second-order valence-corrected chi connectivity index (χ2v) is 4.85. The number of hydrogen-bond donors (Lipinski definition) is 1. The normalized spacial score (nSPS) is 9.64. The third-order valence-electron chi connectivity index (χ3n) is 3.01. The number of rotatable bonds is 6. The number of ether oxygens (including phenoxy) is 1. The number of hydrogen-bond acceptors (Lipinski definition) is 2. The van der Waals surface area contributed by atoms with Crippen LogP contribution in [0, 0.1) is 11.8 Å². The quantitative estimate of drug-likeness (QED) is 0.650. The first-order chi connectivity index (χ1) is 10.7. The van der Waals surface area contributed by atoms with Crippen LogP contribution in [0.4, 0.5) is 0 Å². The first-order valence-corrected chi connectivity index (χ1v) is 7.21. The average Bonchev–Trinajstić information content (AvgIpc) is 2.54. The fourth-order valence-electron chi connectivity index (χ4n) is 1.90. The molecule has 3 heteroatoms. The highest BCUT2D eigenvalue weighted by Gasteiger charge is 1.97. The van der Waals surface area contributed by atoms with Crippen molar-refractivity contribution < 1.29 is 14.6 Å². The van der Waals surface area contributed by atoms with Gasteiger partial charge in [0.15, 0.2) is 0 Å². The molecule has 0 heterocycles. The van der Waals surface area contributed by atoms with Gasteiger partial charge in [0.05, 0.1) is 0 Å². The van der Waals surface area contributed by atoms with Gasteiger partial charge in [-0.2, -0.15) is 0 Å². The molecule has 0 unspecified atom stereocenters. The molecule has 0 aliphatic heterocycles. The fourth-order valence-corrected chi connectivity index (χ4v) is 1.90. The van der Waals surface area contributed by atoms with Crippen molar-refractivity contribution in [3.63, 3.8) is 0 Å². The standard InChI is InChI=1S/C19H18O3/c20-19(21)13-6-2-3-8-16-11-7-12-18(14-16)22-15-17-9-4-1-5-10-17/h1,4-5,7,9-12,14H,2,6,13,15H2,(H,20,21). The van der Waals surface area contributed by atoms with E-state index in [0.29, 0.717) is 19.4 Å². The van der Waals surface area contributed by atoms with Crippen LogP contribution in [0.1, 0.15) is 30.4 Å². The zero-order valence-electron chi connectivity index (χ0n) is 12.3. The molecule has 0 bridgehead atoms. The molecule has 0 aliphatic rings. The molecule has 0 aliphatic carbocycles. The Labute approximate surface area is 130 Å². The number of benzene rings is 2. The van der Waals surface area contributed by atoms with Crippen molar-refractivity contribution in [2.45, 2.75) is 25.9 Å². The van der Waals surface area contributed by atoms with Gasteiger partial charge >= 0.3 is 5.97 Å². The minimum absolute atomic E-state index is 0.162. The molecule has 0 atom stereocenters. The van der Waals surface area contributed by atoms with Crippen molar-refractivity contribution in [3.8, 4) is 17.6 Å². The molecule has 1 N–H and O–H groups in total. The number of carboxylic acid groups (broad SMARTS) is 1. The van der Waals surface area contributed by atoms with Gasteiger partial charge in [-0.3, -0.25) is 4.79 Å². The lowest BCUT2D eigenvalue weighted by molar-refractivity contribution is -0.137. The number of carbonyl (C=O) groups is 1. The summed E-state index contributed by atoms with van der Waals surface area (Å²) in [5, 5.41) is 8.55. The maximum absolute atomic E-state index is 10.4. The summed E-state index contributed by atoms with van der Waals surface area (Å²) in [4.78, 5) is 10.4. The van der Waals surface area contributed by atoms with E-state index in [1.165, 1.54) is 0 Å². The molecule has 2 rings (SSSR count). The zero-order valence-corrected chi connectivity index (χ0v) is 12.3. The van der Waals surface area contributed by atoms with E-state index in [1.54, 1.807) is 0 Å². The Hall–Kier alpha value is -2.73. The Kier molecular flexibility index (Phi) is 6.07. The summed E-state index contributed by atoms with van der Waals surface area (Å²) in [7, 11) is 0. The highest BCUT2D eigenvalue weighted by atomic mass is 16.5. The summed E-state index contributed by atoms with van der Waals surface area (Å²) in [6.07, 6.45) is 1.32. The number of carboxylic acids is 1. The molecular formula is C19H18O3. The van der Waals surface area contributed by atoms with Gasteiger partial charge < -0.3 is 9.84 Å². The Bertz CT molecular complexity index is 666. The van der Waals surface area contributed by atoms with Gasteiger partial charge in [-0.25, -0.2) is 0 Å². The van der Waals surface area contributed by atoms with Crippen LogP contribution < -0.4 is 4.74 Å². The molecule has 0 amide bonds. The minimum atomic E-state index is -0.780. The Balaban J connectivity index is 1.87. The van der Waals surface area contributed by atoms with Gasteiger partial charge in [-0.05, 0) is 30.2 Å². The van der Waals surface area contributed by atoms with Crippen LogP contribution in [-0.2, 0) is 11.4 Å². The van der Waals surface area contributed by atoms with Crippen molar-refractivity contribution in [1.29, 1.82) is 0 Å². The second kappa shape index (κ2) is 8.53. The van der Waals surface area contributed by atoms with Crippen molar-refractivity contribution in [2.75, 3.05) is 0 Å². The van der Waals surface area contributed by atoms with E-state index in [-0.39, 0.29) is 6.42 Å². The van der Waals surface area contributed by atoms with Crippen LogP contribution in [0.15, 0.2) is 54.6 Å². The van der Waals surface area contributed by atoms with Gasteiger partial charge in [0.2, 0.25) is 0 Å². The van der Waals surface area contributed by atoms with Gasteiger partial charge in [-0.15, -0.1) is 0 Å². The first kappa shape index (κ1) is 15.7. The third-order valence-corrected chi connectivity index (χ3v) is 3.01. The topological polar surface area (TPSA) is 46.5 Å². The Morgan fingerprint density at radius 3 is 2.68 bits per heavy atom. The summed E-state index contributed by atoms with van der Waals surface area (Å²) in [6, 6.07) is 17.6. The smallest absolute Gasteiger partial charge is 0.303 e. The largest absolute Gasteiger partial charge is 0.489 e. The summed E-state index contributed by atoms with van der Waals surface area (Å²) >= 11 is 0. The molecule has 0 radical (unpaired) electrons. The molecule has 2 aromatic rings. The highest BCUT2D eigenvalue weighted by Crippen LogP contribution is 2.14. The lowest BCUT2D eigenvalue weighted by Gasteiger charge is -2.06. The van der Waals surface area contributed by atoms with Crippen LogP contribution in [0.25, 0.3) is 0 Å². The monoisotopic (exact) mass is 294 g/mol. The van der Waals surface area contributed by atoms with Gasteiger partial charge in [0.1, 0.15) is 12.4 Å². The van der Waals surface area contributed by atoms with Crippen LogP contribution >= 0.6 is 0 Å². The lowest BCUT2D eigenvalue weighted by atomic mass is 10.2. The SMILES string of the molecule is O=C(O)CCCC#Cc1cccc(OCc2ccccc2)c1. The molecule has 0 fully saturated rings. The predicted octanol–water partition coefficient (Wildman–Crippen LogP) is 3.87. The van der Waals surface area contributed by atoms with E-state index in [1.807, 2.05) is 54.6 Å².